The SMILES string of the molecule is CCOC(=O)[C@H]1NCC2C1CCC2(F)F. The Kier molecular flexibility index (Phi) is 2.66. The Morgan fingerprint density at radius 1 is 1.60 bits per heavy atom. The van der Waals surface area contributed by atoms with E-state index in [1.165, 1.54) is 0 Å². The molecule has 1 N–H and O–H groups in total. The number of nitrogens with one attached hydrogen (secondary N) is 1. The molecule has 1 aliphatic heterocycles. The van der Waals surface area contributed by atoms with Crippen LogP contribution in [-0.2, 0) is 9.53 Å². The fourth-order valence-electron chi connectivity index (χ4n) is 2.65. The fraction of sp³-hybridized carbons (Fsp3) is 0.900. The first-order chi connectivity index (χ1) is 7.06. The molecule has 1 saturated carbocycles. The summed E-state index contributed by atoms with van der Waals surface area (Å²) in [6.45, 7) is 2.24. The van der Waals surface area contributed by atoms with E-state index in [1.807, 2.05) is 0 Å². The molecule has 0 bridgehead atoms. The smallest absolute Gasteiger partial charge is 0.323 e. The Labute approximate surface area is 87.2 Å². The largest absolute Gasteiger partial charge is 0.465 e. The summed E-state index contributed by atoms with van der Waals surface area (Å²) < 4.78 is 31.5. The van der Waals surface area contributed by atoms with Gasteiger partial charge in [-0.3, -0.25) is 4.79 Å². The molecular formula is C10H15F2NO2. The quantitative estimate of drug-likeness (QED) is 0.709. The number of hydrogen-bond donors (Lipinski definition) is 1. The van der Waals surface area contributed by atoms with Crippen LogP contribution in [0, 0.1) is 11.8 Å². The molecule has 2 fully saturated rings. The maximum atomic E-state index is 13.3. The van der Waals surface area contributed by atoms with Crippen molar-refractivity contribution in [1.82, 2.24) is 5.32 Å². The van der Waals surface area contributed by atoms with Crippen LogP contribution < -0.4 is 5.32 Å². The highest BCUT2D eigenvalue weighted by atomic mass is 19.3. The Bertz CT molecular complexity index is 270. The number of alkyl halides is 2. The van der Waals surface area contributed by atoms with E-state index in [0.717, 1.165) is 0 Å². The summed E-state index contributed by atoms with van der Waals surface area (Å²) in [4.78, 5) is 11.5. The normalized spacial score (nSPS) is 37.7. The summed E-state index contributed by atoms with van der Waals surface area (Å²) in [5.41, 5.74) is 0. The van der Waals surface area contributed by atoms with Crippen LogP contribution in [-0.4, -0.2) is 31.1 Å². The van der Waals surface area contributed by atoms with Gasteiger partial charge in [0.2, 0.25) is 0 Å². The molecule has 0 amide bonds. The maximum Gasteiger partial charge on any atom is 0.323 e. The predicted octanol–water partition coefficient (Wildman–Crippen LogP) is 1.18. The first kappa shape index (κ1) is 10.8. The summed E-state index contributed by atoms with van der Waals surface area (Å²) in [5.74, 6) is -3.94. The lowest BCUT2D eigenvalue weighted by Gasteiger charge is -2.17. The van der Waals surface area contributed by atoms with Crippen molar-refractivity contribution in [3.05, 3.63) is 0 Å². The number of carbonyl (C=O) groups is 1. The minimum atomic E-state index is -2.61. The van der Waals surface area contributed by atoms with Gasteiger partial charge in [0.15, 0.2) is 0 Å². The Hall–Kier alpha value is -0.710. The zero-order valence-electron chi connectivity index (χ0n) is 8.63. The van der Waals surface area contributed by atoms with Gasteiger partial charge in [0, 0.05) is 18.9 Å². The van der Waals surface area contributed by atoms with Gasteiger partial charge >= 0.3 is 5.97 Å². The zero-order valence-corrected chi connectivity index (χ0v) is 8.63. The molecule has 1 aliphatic carbocycles. The molecule has 86 valence electrons. The van der Waals surface area contributed by atoms with Crippen molar-refractivity contribution in [2.75, 3.05) is 13.2 Å². The third-order valence-corrected chi connectivity index (χ3v) is 3.40. The molecule has 3 nitrogen and oxygen atoms in total. The van der Waals surface area contributed by atoms with E-state index >= 15 is 0 Å². The van der Waals surface area contributed by atoms with Crippen LogP contribution >= 0.6 is 0 Å². The van der Waals surface area contributed by atoms with Gasteiger partial charge in [0.05, 0.1) is 6.61 Å². The van der Waals surface area contributed by atoms with Crippen LogP contribution in [0.1, 0.15) is 19.8 Å². The van der Waals surface area contributed by atoms with Crippen molar-refractivity contribution in [3.63, 3.8) is 0 Å². The predicted molar refractivity (Wildman–Crippen MR) is 49.6 cm³/mol. The van der Waals surface area contributed by atoms with Crippen molar-refractivity contribution in [2.24, 2.45) is 11.8 Å². The summed E-state index contributed by atoms with van der Waals surface area (Å²) in [6.07, 6.45) is 0.314. The second kappa shape index (κ2) is 3.70. The molecule has 2 unspecified atom stereocenters. The van der Waals surface area contributed by atoms with Crippen molar-refractivity contribution in [1.29, 1.82) is 0 Å². The molecule has 5 heteroatoms. The molecule has 0 aromatic rings. The van der Waals surface area contributed by atoms with Gasteiger partial charge in [-0.1, -0.05) is 0 Å². The third-order valence-electron chi connectivity index (χ3n) is 3.40. The van der Waals surface area contributed by atoms with Crippen LogP contribution in [0.4, 0.5) is 8.78 Å². The molecule has 0 radical (unpaired) electrons. The molecule has 3 atom stereocenters. The lowest BCUT2D eigenvalue weighted by atomic mass is 9.93. The molecule has 0 aromatic carbocycles. The number of fused-ring (bicyclic) bond motifs is 1. The number of rotatable bonds is 2. The number of carbonyl (C=O) groups excluding carboxylic acids is 1. The lowest BCUT2D eigenvalue weighted by molar-refractivity contribution is -0.146. The summed E-state index contributed by atoms with van der Waals surface area (Å²) in [7, 11) is 0. The second-order valence-corrected chi connectivity index (χ2v) is 4.21. The number of halogens is 2. The van der Waals surface area contributed by atoms with Gasteiger partial charge in [-0.15, -0.1) is 0 Å². The lowest BCUT2D eigenvalue weighted by Crippen LogP contribution is -2.37. The maximum absolute atomic E-state index is 13.3. The third kappa shape index (κ3) is 1.73. The van der Waals surface area contributed by atoms with Crippen LogP contribution in [0.5, 0.6) is 0 Å². The van der Waals surface area contributed by atoms with Crippen molar-refractivity contribution in [2.45, 2.75) is 31.7 Å². The van der Waals surface area contributed by atoms with Crippen LogP contribution in [0.2, 0.25) is 0 Å². The number of hydrogen-bond acceptors (Lipinski definition) is 3. The van der Waals surface area contributed by atoms with Crippen LogP contribution in [0.25, 0.3) is 0 Å². The summed E-state index contributed by atoms with van der Waals surface area (Å²) in [6, 6.07) is -0.525. The van der Waals surface area contributed by atoms with E-state index in [9.17, 15) is 13.6 Å². The van der Waals surface area contributed by atoms with E-state index in [-0.39, 0.29) is 24.9 Å². The highest BCUT2D eigenvalue weighted by Gasteiger charge is 2.57. The van der Waals surface area contributed by atoms with Crippen LogP contribution in [0.3, 0.4) is 0 Å². The molecular weight excluding hydrogens is 204 g/mol. The van der Waals surface area contributed by atoms with E-state index in [1.54, 1.807) is 6.92 Å². The summed E-state index contributed by atoms with van der Waals surface area (Å²) in [5, 5.41) is 2.84. The topological polar surface area (TPSA) is 38.3 Å². The van der Waals surface area contributed by atoms with E-state index < -0.39 is 17.9 Å². The Morgan fingerprint density at radius 3 is 3.00 bits per heavy atom. The Balaban J connectivity index is 2.05. The van der Waals surface area contributed by atoms with E-state index in [2.05, 4.69) is 5.32 Å². The molecule has 1 heterocycles. The molecule has 0 aromatic heterocycles. The van der Waals surface area contributed by atoms with E-state index in [4.69, 9.17) is 4.74 Å². The first-order valence-corrected chi connectivity index (χ1v) is 5.34. The molecule has 2 rings (SSSR count). The molecule has 1 saturated heterocycles. The van der Waals surface area contributed by atoms with Gasteiger partial charge in [0.1, 0.15) is 6.04 Å². The van der Waals surface area contributed by atoms with Gasteiger partial charge in [-0.2, -0.15) is 0 Å². The highest BCUT2D eigenvalue weighted by molar-refractivity contribution is 5.76. The second-order valence-electron chi connectivity index (χ2n) is 4.21. The fourth-order valence-corrected chi connectivity index (χ4v) is 2.65. The van der Waals surface area contributed by atoms with E-state index in [0.29, 0.717) is 13.0 Å². The van der Waals surface area contributed by atoms with Gasteiger partial charge in [-0.25, -0.2) is 8.78 Å². The highest BCUT2D eigenvalue weighted by Crippen LogP contribution is 2.48. The summed E-state index contributed by atoms with van der Waals surface area (Å²) >= 11 is 0. The number of ether oxygens (including phenoxy) is 1. The monoisotopic (exact) mass is 219 g/mol. The average molecular weight is 219 g/mol. The van der Waals surface area contributed by atoms with Crippen LogP contribution in [0.15, 0.2) is 0 Å². The number of esters is 1. The average Bonchev–Trinajstić information content (AvgIpc) is 2.69. The Morgan fingerprint density at radius 2 is 2.33 bits per heavy atom. The molecule has 15 heavy (non-hydrogen) atoms. The van der Waals surface area contributed by atoms with Gasteiger partial charge in [0.25, 0.3) is 5.92 Å². The molecule has 2 aliphatic rings. The minimum absolute atomic E-state index is 0.0973. The van der Waals surface area contributed by atoms with Crippen molar-refractivity contribution in [3.8, 4) is 0 Å². The minimum Gasteiger partial charge on any atom is -0.465 e. The molecule has 0 spiro atoms. The first-order valence-electron chi connectivity index (χ1n) is 5.34. The zero-order chi connectivity index (χ0) is 11.1. The van der Waals surface area contributed by atoms with Gasteiger partial charge < -0.3 is 10.1 Å². The van der Waals surface area contributed by atoms with Gasteiger partial charge in [-0.05, 0) is 19.3 Å². The standard InChI is InChI=1S/C10H15F2NO2/c1-2-15-9(14)8-6-3-4-10(11,12)7(6)5-13-8/h6-8,13H,2-5H2,1H3/t6?,7?,8-/m0/s1. The van der Waals surface area contributed by atoms with Crippen molar-refractivity contribution >= 4 is 5.97 Å². The van der Waals surface area contributed by atoms with Crippen molar-refractivity contribution < 1.29 is 18.3 Å².